The summed E-state index contributed by atoms with van der Waals surface area (Å²) in [6, 6.07) is -1.53. The lowest BCUT2D eigenvalue weighted by atomic mass is 9.99. The summed E-state index contributed by atoms with van der Waals surface area (Å²) < 4.78 is 98.1. The molecule has 0 radical (unpaired) electrons. The van der Waals surface area contributed by atoms with E-state index in [-0.39, 0.29) is 0 Å². The van der Waals surface area contributed by atoms with Crippen LogP contribution in [0.4, 0.5) is 35.1 Å². The molecule has 0 aliphatic carbocycles. The van der Waals surface area contributed by atoms with E-state index in [1.54, 1.807) is 0 Å². The Morgan fingerprint density at radius 3 is 1.62 bits per heavy atom. The fraction of sp³-hybridized carbons (Fsp3) is 1.00. The second kappa shape index (κ2) is 4.34. The first-order chi connectivity index (χ1) is 6.86. The maximum atomic E-state index is 12.7. The Kier molecular flexibility index (Phi) is 4.18. The van der Waals surface area contributed by atoms with Gasteiger partial charge in [-0.3, -0.25) is 0 Å². The van der Waals surface area contributed by atoms with Crippen molar-refractivity contribution in [3.63, 3.8) is 0 Å². The Morgan fingerprint density at radius 1 is 1.00 bits per heavy atom. The van der Waals surface area contributed by atoms with Crippen LogP contribution in [0.3, 0.4) is 0 Å². The monoisotopic (exact) mass is 259 g/mol. The van der Waals surface area contributed by atoms with Crippen molar-refractivity contribution >= 4 is 0 Å². The van der Waals surface area contributed by atoms with Crippen LogP contribution in [0.2, 0.25) is 0 Å². The molecule has 0 rings (SSSR count). The van der Waals surface area contributed by atoms with Crippen molar-refractivity contribution in [1.82, 2.24) is 0 Å². The van der Waals surface area contributed by atoms with Gasteiger partial charge in [-0.25, -0.2) is 8.78 Å². The maximum absolute atomic E-state index is 12.7. The van der Waals surface area contributed by atoms with Crippen LogP contribution in [0.5, 0.6) is 0 Å². The van der Waals surface area contributed by atoms with E-state index < -0.39 is 36.7 Å². The molecule has 0 aromatic rings. The van der Waals surface area contributed by atoms with E-state index in [1.165, 1.54) is 0 Å². The van der Waals surface area contributed by atoms with Gasteiger partial charge in [-0.1, -0.05) is 0 Å². The quantitative estimate of drug-likeness (QED) is 0.755. The molecule has 0 bridgehead atoms. The second-order valence-corrected chi connectivity index (χ2v) is 3.38. The number of hydrogen-bond acceptors (Lipinski definition) is 1. The van der Waals surface area contributed by atoms with E-state index in [1.807, 2.05) is 0 Å². The fourth-order valence-corrected chi connectivity index (χ4v) is 0.913. The SMILES string of the molecule is CC(N)CC(F)(F)C(F)(F)C(F)(F)C(F)F. The highest BCUT2D eigenvalue weighted by Crippen LogP contribution is 2.49. The molecule has 0 aliphatic rings. The normalized spacial score (nSPS) is 16.7. The fourth-order valence-electron chi connectivity index (χ4n) is 0.913. The van der Waals surface area contributed by atoms with Crippen molar-refractivity contribution in [2.75, 3.05) is 0 Å². The molecule has 2 N–H and O–H groups in total. The third kappa shape index (κ3) is 2.55. The van der Waals surface area contributed by atoms with Crippen LogP contribution in [0.15, 0.2) is 0 Å². The lowest BCUT2D eigenvalue weighted by Gasteiger charge is -2.32. The summed E-state index contributed by atoms with van der Waals surface area (Å²) in [7, 11) is 0. The summed E-state index contributed by atoms with van der Waals surface area (Å²) in [5.41, 5.74) is 4.75. The highest BCUT2D eigenvalue weighted by Gasteiger charge is 2.74. The molecule has 9 heteroatoms. The van der Waals surface area contributed by atoms with Crippen LogP contribution in [0, 0.1) is 0 Å². The summed E-state index contributed by atoms with van der Waals surface area (Å²) in [6.07, 6.45) is -6.70. The first-order valence-corrected chi connectivity index (χ1v) is 4.03. The highest BCUT2D eigenvalue weighted by atomic mass is 19.4. The van der Waals surface area contributed by atoms with Gasteiger partial charge in [0.1, 0.15) is 0 Å². The van der Waals surface area contributed by atoms with Gasteiger partial charge >= 0.3 is 24.2 Å². The Balaban J connectivity index is 5.17. The number of hydrogen-bond donors (Lipinski definition) is 1. The molecule has 0 aromatic heterocycles. The van der Waals surface area contributed by atoms with Gasteiger partial charge in [0, 0.05) is 12.5 Å². The number of rotatable bonds is 5. The predicted molar refractivity (Wildman–Crippen MR) is 39.1 cm³/mol. The van der Waals surface area contributed by atoms with Gasteiger partial charge in [0.05, 0.1) is 0 Å². The number of nitrogens with two attached hydrogens (primary N) is 1. The molecule has 0 fully saturated rings. The molecule has 0 saturated heterocycles. The zero-order chi connectivity index (χ0) is 13.4. The summed E-state index contributed by atoms with van der Waals surface area (Å²) in [6.45, 7) is 0.866. The molecule has 16 heavy (non-hydrogen) atoms. The van der Waals surface area contributed by atoms with Crippen molar-refractivity contribution in [3.8, 4) is 0 Å². The van der Waals surface area contributed by atoms with E-state index in [4.69, 9.17) is 5.73 Å². The summed E-state index contributed by atoms with van der Waals surface area (Å²) in [5, 5.41) is 0. The van der Waals surface area contributed by atoms with Gasteiger partial charge in [0.15, 0.2) is 0 Å². The summed E-state index contributed by atoms with van der Waals surface area (Å²) in [5.74, 6) is -17.6. The molecule has 0 heterocycles. The highest BCUT2D eigenvalue weighted by molar-refractivity contribution is 4.98. The Bertz CT molecular complexity index is 237. The molecule has 98 valence electrons. The topological polar surface area (TPSA) is 26.0 Å². The molecule has 0 aromatic carbocycles. The van der Waals surface area contributed by atoms with Crippen molar-refractivity contribution in [3.05, 3.63) is 0 Å². The average molecular weight is 259 g/mol. The van der Waals surface area contributed by atoms with Crippen LogP contribution in [-0.2, 0) is 0 Å². The lowest BCUT2D eigenvalue weighted by Crippen LogP contribution is -2.58. The zero-order valence-electron chi connectivity index (χ0n) is 7.96. The molecule has 1 unspecified atom stereocenters. The maximum Gasteiger partial charge on any atom is 0.377 e. The minimum absolute atomic E-state index is 0.866. The van der Waals surface area contributed by atoms with Gasteiger partial charge in [0.25, 0.3) is 0 Å². The third-order valence-corrected chi connectivity index (χ3v) is 1.73. The van der Waals surface area contributed by atoms with Crippen LogP contribution in [-0.4, -0.2) is 30.2 Å². The van der Waals surface area contributed by atoms with Gasteiger partial charge in [0.2, 0.25) is 0 Å². The van der Waals surface area contributed by atoms with E-state index in [0.29, 0.717) is 0 Å². The van der Waals surface area contributed by atoms with Crippen LogP contribution >= 0.6 is 0 Å². The van der Waals surface area contributed by atoms with Crippen LogP contribution in [0.25, 0.3) is 0 Å². The van der Waals surface area contributed by atoms with Gasteiger partial charge in [-0.2, -0.15) is 26.3 Å². The summed E-state index contributed by atoms with van der Waals surface area (Å²) >= 11 is 0. The van der Waals surface area contributed by atoms with Crippen molar-refractivity contribution in [1.29, 1.82) is 0 Å². The first-order valence-electron chi connectivity index (χ1n) is 4.03. The molecule has 0 spiro atoms. The largest absolute Gasteiger partial charge is 0.377 e. The minimum atomic E-state index is -6.15. The van der Waals surface area contributed by atoms with E-state index in [0.717, 1.165) is 6.92 Å². The minimum Gasteiger partial charge on any atom is -0.328 e. The van der Waals surface area contributed by atoms with Gasteiger partial charge in [-0.05, 0) is 6.92 Å². The molecule has 0 aliphatic heterocycles. The number of halogens is 8. The Morgan fingerprint density at radius 2 is 1.38 bits per heavy atom. The first kappa shape index (κ1) is 15.4. The number of alkyl halides is 8. The Hall–Kier alpha value is -0.600. The third-order valence-electron chi connectivity index (χ3n) is 1.73. The van der Waals surface area contributed by atoms with Crippen molar-refractivity contribution in [2.45, 2.75) is 43.6 Å². The van der Waals surface area contributed by atoms with E-state index in [9.17, 15) is 35.1 Å². The smallest absolute Gasteiger partial charge is 0.328 e. The lowest BCUT2D eigenvalue weighted by molar-refractivity contribution is -0.340. The molecule has 0 saturated carbocycles. The standard InChI is InChI=1S/C7H9F8N/c1-3(16)2-5(10,11)7(14,15)6(12,13)4(8)9/h3-4H,2,16H2,1H3. The molecule has 1 nitrogen and oxygen atoms in total. The van der Waals surface area contributed by atoms with Gasteiger partial charge in [-0.15, -0.1) is 0 Å². The molecular formula is C7H9F8N. The molecular weight excluding hydrogens is 250 g/mol. The average Bonchev–Trinajstić information content (AvgIpc) is 2.00. The zero-order valence-corrected chi connectivity index (χ0v) is 7.96. The molecule has 1 atom stereocenters. The van der Waals surface area contributed by atoms with Crippen molar-refractivity contribution in [2.24, 2.45) is 5.73 Å². The second-order valence-electron chi connectivity index (χ2n) is 3.38. The van der Waals surface area contributed by atoms with Gasteiger partial charge < -0.3 is 5.73 Å². The summed E-state index contributed by atoms with van der Waals surface area (Å²) in [4.78, 5) is 0. The van der Waals surface area contributed by atoms with E-state index in [2.05, 4.69) is 0 Å². The van der Waals surface area contributed by atoms with E-state index >= 15 is 0 Å². The van der Waals surface area contributed by atoms with Crippen LogP contribution in [0.1, 0.15) is 13.3 Å². The Labute approximate surface area is 85.6 Å². The van der Waals surface area contributed by atoms with Crippen LogP contribution < -0.4 is 5.73 Å². The van der Waals surface area contributed by atoms with Crippen molar-refractivity contribution < 1.29 is 35.1 Å². The predicted octanol–water partition coefficient (Wildman–Crippen LogP) is 2.89. The molecule has 0 amide bonds.